The van der Waals surface area contributed by atoms with Crippen molar-refractivity contribution in [3.8, 4) is 5.75 Å². The number of rotatable bonds is 12. The van der Waals surface area contributed by atoms with Gasteiger partial charge in [0.15, 0.2) is 0 Å². The summed E-state index contributed by atoms with van der Waals surface area (Å²) in [5.74, 6) is -0.642. The minimum absolute atomic E-state index is 0.00117. The number of hydrogen-bond donors (Lipinski definition) is 1. The van der Waals surface area contributed by atoms with Crippen molar-refractivity contribution >= 4 is 39.1 Å². The summed E-state index contributed by atoms with van der Waals surface area (Å²) in [6.45, 7) is 4.95. The van der Waals surface area contributed by atoms with Crippen molar-refractivity contribution in [1.29, 1.82) is 0 Å². The molecule has 0 aliphatic carbocycles. The van der Waals surface area contributed by atoms with Crippen LogP contribution in [0.15, 0.2) is 83.8 Å². The van der Waals surface area contributed by atoms with Crippen LogP contribution >= 0.6 is 11.6 Å². The second kappa shape index (κ2) is 13.5. The molecule has 0 radical (unpaired) electrons. The molecule has 3 aromatic carbocycles. The summed E-state index contributed by atoms with van der Waals surface area (Å²) in [5.41, 5.74) is 1.10. The summed E-state index contributed by atoms with van der Waals surface area (Å²) in [5, 5.41) is 3.12. The lowest BCUT2D eigenvalue weighted by atomic mass is 10.1. The second-order valence-corrected chi connectivity index (χ2v) is 11.6. The molecule has 8 nitrogen and oxygen atoms in total. The minimum atomic E-state index is -4.22. The van der Waals surface area contributed by atoms with Gasteiger partial charge < -0.3 is 15.0 Å². The largest absolute Gasteiger partial charge is 0.495 e. The number of methoxy groups -OCH3 is 1. The van der Waals surface area contributed by atoms with E-state index in [1.807, 2.05) is 44.2 Å². The number of sulfonamides is 1. The lowest BCUT2D eigenvalue weighted by Crippen LogP contribution is -2.53. The zero-order chi connectivity index (χ0) is 28.6. The normalized spacial score (nSPS) is 12.1. The highest BCUT2D eigenvalue weighted by molar-refractivity contribution is 7.92. The number of halogens is 1. The Balaban J connectivity index is 2.03. The molecular weight excluding hydrogens is 538 g/mol. The van der Waals surface area contributed by atoms with Crippen molar-refractivity contribution in [2.75, 3.05) is 24.5 Å². The van der Waals surface area contributed by atoms with E-state index >= 15 is 0 Å². The van der Waals surface area contributed by atoms with Gasteiger partial charge in [0, 0.05) is 17.6 Å². The fourth-order valence-electron chi connectivity index (χ4n) is 4.07. The van der Waals surface area contributed by atoms with Gasteiger partial charge in [-0.15, -0.1) is 0 Å². The Morgan fingerprint density at radius 1 is 0.949 bits per heavy atom. The van der Waals surface area contributed by atoms with Crippen molar-refractivity contribution in [3.63, 3.8) is 0 Å². The zero-order valence-corrected chi connectivity index (χ0v) is 24.1. The smallest absolute Gasteiger partial charge is 0.264 e. The molecule has 2 amide bonds. The van der Waals surface area contributed by atoms with Crippen LogP contribution in [0.1, 0.15) is 26.3 Å². The predicted octanol–water partition coefficient (Wildman–Crippen LogP) is 4.53. The number of nitrogens with one attached hydrogen (secondary N) is 1. The number of carbonyl (C=O) groups is 2. The Bertz CT molecular complexity index is 1370. The van der Waals surface area contributed by atoms with Crippen LogP contribution in [0.3, 0.4) is 0 Å². The molecular formula is C29H34ClN3O5S. The van der Waals surface area contributed by atoms with Gasteiger partial charge in [-0.2, -0.15) is 0 Å². The first kappa shape index (κ1) is 30.0. The Kier molecular flexibility index (Phi) is 10.4. The lowest BCUT2D eigenvalue weighted by molar-refractivity contribution is -0.139. The molecule has 0 aromatic heterocycles. The minimum Gasteiger partial charge on any atom is -0.495 e. The van der Waals surface area contributed by atoms with E-state index in [9.17, 15) is 18.0 Å². The van der Waals surface area contributed by atoms with Crippen LogP contribution in [0, 0.1) is 0 Å². The summed E-state index contributed by atoms with van der Waals surface area (Å²) in [6.07, 6.45) is 0.484. The molecule has 3 aromatic rings. The third-order valence-corrected chi connectivity index (χ3v) is 8.11. The van der Waals surface area contributed by atoms with Crippen LogP contribution in [-0.2, 0) is 26.0 Å². The summed E-state index contributed by atoms with van der Waals surface area (Å²) in [7, 11) is -2.81. The number of hydrogen-bond acceptors (Lipinski definition) is 5. The molecule has 0 bridgehead atoms. The molecule has 1 N–H and O–H groups in total. The summed E-state index contributed by atoms with van der Waals surface area (Å²) in [6, 6.07) is 21.0. The molecule has 0 aliphatic heterocycles. The van der Waals surface area contributed by atoms with E-state index in [2.05, 4.69) is 5.32 Å². The molecule has 39 heavy (non-hydrogen) atoms. The molecule has 0 heterocycles. The van der Waals surface area contributed by atoms with Gasteiger partial charge in [-0.3, -0.25) is 13.9 Å². The van der Waals surface area contributed by atoms with Crippen LogP contribution < -0.4 is 14.4 Å². The molecule has 0 aliphatic rings. The Hall–Kier alpha value is -3.56. The van der Waals surface area contributed by atoms with E-state index < -0.39 is 28.5 Å². The Morgan fingerprint density at radius 2 is 1.56 bits per heavy atom. The highest BCUT2D eigenvalue weighted by atomic mass is 35.5. The summed E-state index contributed by atoms with van der Waals surface area (Å²) in [4.78, 5) is 28.3. The van der Waals surface area contributed by atoms with E-state index in [4.69, 9.17) is 16.3 Å². The summed E-state index contributed by atoms with van der Waals surface area (Å²) < 4.78 is 34.2. The van der Waals surface area contributed by atoms with Gasteiger partial charge in [-0.25, -0.2) is 8.42 Å². The van der Waals surface area contributed by atoms with Gasteiger partial charge in [0.25, 0.3) is 10.0 Å². The molecule has 0 fully saturated rings. The van der Waals surface area contributed by atoms with Crippen LogP contribution in [-0.4, -0.2) is 57.4 Å². The maximum Gasteiger partial charge on any atom is 0.264 e. The van der Waals surface area contributed by atoms with Crippen LogP contribution in [0.5, 0.6) is 5.75 Å². The molecule has 208 valence electrons. The SMILES string of the molecule is COc1ccc(Cl)cc1N(CC(=O)N(CCc1ccccc1)C(C)C(=O)NC(C)C)S(=O)(=O)c1ccccc1. The van der Waals surface area contributed by atoms with Crippen molar-refractivity contribution in [2.45, 2.75) is 44.2 Å². The third kappa shape index (κ3) is 7.74. The number of ether oxygens (including phenoxy) is 1. The number of amides is 2. The quantitative estimate of drug-likeness (QED) is 0.345. The fraction of sp³-hybridized carbons (Fsp3) is 0.310. The van der Waals surface area contributed by atoms with E-state index in [0.29, 0.717) is 6.42 Å². The molecule has 0 saturated carbocycles. The van der Waals surface area contributed by atoms with E-state index in [1.54, 1.807) is 37.3 Å². The molecule has 0 spiro atoms. The molecule has 0 saturated heterocycles. The monoisotopic (exact) mass is 571 g/mol. The number of anilines is 1. The van der Waals surface area contributed by atoms with Crippen LogP contribution in [0.25, 0.3) is 0 Å². The molecule has 10 heteroatoms. The summed E-state index contributed by atoms with van der Waals surface area (Å²) >= 11 is 6.25. The predicted molar refractivity (Wildman–Crippen MR) is 154 cm³/mol. The first-order chi connectivity index (χ1) is 18.5. The van der Waals surface area contributed by atoms with Gasteiger partial charge in [-0.05, 0) is 63.1 Å². The van der Waals surface area contributed by atoms with E-state index in [1.165, 1.54) is 30.2 Å². The van der Waals surface area contributed by atoms with E-state index in [0.717, 1.165) is 9.87 Å². The maximum atomic E-state index is 13.9. The zero-order valence-electron chi connectivity index (χ0n) is 22.5. The highest BCUT2D eigenvalue weighted by Crippen LogP contribution is 2.35. The molecule has 1 unspecified atom stereocenters. The molecule has 3 rings (SSSR count). The number of benzene rings is 3. The first-order valence-electron chi connectivity index (χ1n) is 12.6. The van der Waals surface area contributed by atoms with Gasteiger partial charge in [0.05, 0.1) is 17.7 Å². The third-order valence-electron chi connectivity index (χ3n) is 6.10. The fourth-order valence-corrected chi connectivity index (χ4v) is 5.67. The topological polar surface area (TPSA) is 96.0 Å². The Labute approximate surface area is 235 Å². The van der Waals surface area contributed by atoms with Crippen molar-refractivity contribution in [3.05, 3.63) is 89.4 Å². The van der Waals surface area contributed by atoms with Gasteiger partial charge in [-0.1, -0.05) is 60.1 Å². The van der Waals surface area contributed by atoms with Crippen molar-refractivity contribution < 1.29 is 22.7 Å². The molecule has 1 atom stereocenters. The average Bonchev–Trinajstić information content (AvgIpc) is 2.92. The maximum absolute atomic E-state index is 13.9. The standard InChI is InChI=1S/C29H34ClN3O5S/c1-21(2)31-29(35)22(3)32(18-17-23-11-7-5-8-12-23)28(34)20-33(26-19-24(30)15-16-27(26)38-4)39(36,37)25-13-9-6-10-14-25/h5-16,19,21-22H,17-18,20H2,1-4H3,(H,31,35). The first-order valence-corrected chi connectivity index (χ1v) is 14.4. The van der Waals surface area contributed by atoms with Gasteiger partial charge in [0.2, 0.25) is 11.8 Å². The van der Waals surface area contributed by atoms with Crippen molar-refractivity contribution in [2.24, 2.45) is 0 Å². The second-order valence-electron chi connectivity index (χ2n) is 9.30. The highest BCUT2D eigenvalue weighted by Gasteiger charge is 2.33. The Morgan fingerprint density at radius 3 is 2.15 bits per heavy atom. The van der Waals surface area contributed by atoms with Crippen molar-refractivity contribution in [1.82, 2.24) is 10.2 Å². The van der Waals surface area contributed by atoms with Gasteiger partial charge in [0.1, 0.15) is 18.3 Å². The average molecular weight is 572 g/mol. The number of carbonyl (C=O) groups excluding carboxylic acids is 2. The van der Waals surface area contributed by atoms with Crippen LogP contribution in [0.4, 0.5) is 5.69 Å². The van der Waals surface area contributed by atoms with Crippen LogP contribution in [0.2, 0.25) is 5.02 Å². The lowest BCUT2D eigenvalue weighted by Gasteiger charge is -2.32. The van der Waals surface area contributed by atoms with Gasteiger partial charge >= 0.3 is 0 Å². The number of nitrogens with zero attached hydrogens (tertiary/aromatic N) is 2. The van der Waals surface area contributed by atoms with E-state index in [-0.39, 0.29) is 39.8 Å².